The van der Waals surface area contributed by atoms with E-state index in [0.29, 0.717) is 6.54 Å². The summed E-state index contributed by atoms with van der Waals surface area (Å²) in [5.74, 6) is -0.821. The van der Waals surface area contributed by atoms with Crippen LogP contribution < -0.4 is 5.73 Å². The molecule has 100 valence electrons. The van der Waals surface area contributed by atoms with E-state index in [2.05, 4.69) is 4.98 Å². The third-order valence-electron chi connectivity index (χ3n) is 2.66. The predicted molar refractivity (Wildman–Crippen MR) is 73.5 cm³/mol. The summed E-state index contributed by atoms with van der Waals surface area (Å²) >= 11 is 1.54. The summed E-state index contributed by atoms with van der Waals surface area (Å²) in [6, 6.07) is 4.08. The minimum absolute atomic E-state index is 0.0392. The van der Waals surface area contributed by atoms with E-state index in [9.17, 15) is 9.18 Å². The molecule has 4 nitrogen and oxygen atoms in total. The van der Waals surface area contributed by atoms with E-state index in [1.807, 2.05) is 6.92 Å². The predicted octanol–water partition coefficient (Wildman–Crippen LogP) is 2.45. The Labute approximate surface area is 114 Å². The molecule has 2 N–H and O–H groups in total. The maximum atomic E-state index is 13.3. The minimum atomic E-state index is -0.576. The number of aromatic nitrogens is 1. The molecule has 0 fully saturated rings. The molecule has 0 atom stereocenters. The first kappa shape index (κ1) is 13.5. The lowest BCUT2D eigenvalue weighted by Crippen LogP contribution is -2.25. The Hall–Kier alpha value is -1.95. The number of halogens is 1. The van der Waals surface area contributed by atoms with E-state index in [0.717, 1.165) is 16.0 Å². The van der Waals surface area contributed by atoms with Gasteiger partial charge in [-0.05, 0) is 25.1 Å². The van der Waals surface area contributed by atoms with Gasteiger partial charge in [-0.15, -0.1) is 11.3 Å². The van der Waals surface area contributed by atoms with E-state index in [1.54, 1.807) is 13.2 Å². The maximum absolute atomic E-state index is 13.3. The van der Waals surface area contributed by atoms with Crippen molar-refractivity contribution in [3.05, 3.63) is 45.7 Å². The van der Waals surface area contributed by atoms with Crippen LogP contribution in [0, 0.1) is 12.7 Å². The van der Waals surface area contributed by atoms with Gasteiger partial charge in [-0.3, -0.25) is 4.79 Å². The number of carbonyl (C=O) groups is 1. The number of aryl methyl sites for hydroxylation is 1. The second kappa shape index (κ2) is 5.36. The number of nitrogens with two attached hydrogens (primary N) is 1. The number of hydrogen-bond donors (Lipinski definition) is 1. The molecular formula is C13H14FN3OS. The molecule has 1 aromatic carbocycles. The van der Waals surface area contributed by atoms with Crippen molar-refractivity contribution in [1.82, 2.24) is 9.88 Å². The zero-order valence-corrected chi connectivity index (χ0v) is 11.5. The molecule has 19 heavy (non-hydrogen) atoms. The Kier molecular flexibility index (Phi) is 3.80. The molecule has 0 radical (unpaired) electrons. The molecule has 0 spiro atoms. The van der Waals surface area contributed by atoms with Crippen LogP contribution in [0.15, 0.2) is 24.4 Å². The molecule has 0 unspecified atom stereocenters. The summed E-state index contributed by atoms with van der Waals surface area (Å²) in [7, 11) is 1.67. The van der Waals surface area contributed by atoms with Gasteiger partial charge in [0.15, 0.2) is 0 Å². The van der Waals surface area contributed by atoms with Crippen molar-refractivity contribution in [2.75, 3.05) is 12.8 Å². The van der Waals surface area contributed by atoms with Crippen molar-refractivity contribution >= 4 is 22.9 Å². The maximum Gasteiger partial charge on any atom is 0.254 e. The Bertz CT molecular complexity index is 612. The van der Waals surface area contributed by atoms with Gasteiger partial charge in [-0.25, -0.2) is 9.37 Å². The number of anilines is 1. The third kappa shape index (κ3) is 3.08. The van der Waals surface area contributed by atoms with Crippen molar-refractivity contribution < 1.29 is 9.18 Å². The first-order valence-electron chi connectivity index (χ1n) is 5.69. The Morgan fingerprint density at radius 1 is 1.53 bits per heavy atom. The van der Waals surface area contributed by atoms with Crippen LogP contribution in [0.5, 0.6) is 0 Å². The van der Waals surface area contributed by atoms with Crippen molar-refractivity contribution in [3.8, 4) is 0 Å². The number of amides is 1. The van der Waals surface area contributed by atoms with Gasteiger partial charge in [0.1, 0.15) is 5.82 Å². The number of nitrogens with zero attached hydrogens (tertiary/aromatic N) is 2. The lowest BCUT2D eigenvalue weighted by molar-refractivity contribution is 0.0786. The molecule has 1 amide bonds. The van der Waals surface area contributed by atoms with Crippen molar-refractivity contribution in [3.63, 3.8) is 0 Å². The molecule has 0 aliphatic rings. The number of nitrogen functional groups attached to an aromatic ring is 1. The van der Waals surface area contributed by atoms with Crippen molar-refractivity contribution in [2.45, 2.75) is 13.5 Å². The summed E-state index contributed by atoms with van der Waals surface area (Å²) < 4.78 is 13.3. The van der Waals surface area contributed by atoms with Gasteiger partial charge < -0.3 is 10.6 Å². The number of thiazole rings is 1. The molecule has 0 saturated heterocycles. The van der Waals surface area contributed by atoms with E-state index >= 15 is 0 Å². The largest absolute Gasteiger partial charge is 0.396 e. The lowest BCUT2D eigenvalue weighted by Gasteiger charge is -2.16. The summed E-state index contributed by atoms with van der Waals surface area (Å²) in [4.78, 5) is 18.8. The molecule has 2 aromatic rings. The molecule has 0 bridgehead atoms. The summed E-state index contributed by atoms with van der Waals surface area (Å²) in [5, 5.41) is 0.953. The quantitative estimate of drug-likeness (QED) is 0.878. The highest BCUT2D eigenvalue weighted by molar-refractivity contribution is 7.11. The average Bonchev–Trinajstić information content (AvgIpc) is 2.77. The lowest BCUT2D eigenvalue weighted by atomic mass is 10.1. The molecule has 2 rings (SSSR count). The van der Waals surface area contributed by atoms with Crippen molar-refractivity contribution in [2.24, 2.45) is 0 Å². The van der Waals surface area contributed by atoms with Crippen LogP contribution in [-0.2, 0) is 6.54 Å². The summed E-state index contributed by atoms with van der Waals surface area (Å²) in [5.41, 5.74) is 5.71. The first-order valence-corrected chi connectivity index (χ1v) is 6.51. The van der Waals surface area contributed by atoms with E-state index in [4.69, 9.17) is 5.73 Å². The Morgan fingerprint density at radius 3 is 2.84 bits per heavy atom. The average molecular weight is 279 g/mol. The Balaban J connectivity index is 2.12. The highest BCUT2D eigenvalue weighted by Crippen LogP contribution is 2.17. The highest BCUT2D eigenvalue weighted by Gasteiger charge is 2.14. The topological polar surface area (TPSA) is 59.2 Å². The van der Waals surface area contributed by atoms with E-state index in [1.165, 1.54) is 28.4 Å². The van der Waals surface area contributed by atoms with Gasteiger partial charge in [0, 0.05) is 23.7 Å². The Morgan fingerprint density at radius 2 is 2.26 bits per heavy atom. The number of rotatable bonds is 3. The zero-order chi connectivity index (χ0) is 14.0. The SMILES string of the molecule is Cc1ncc(CN(C)C(=O)c2ccc(N)c(F)c2)s1. The fourth-order valence-corrected chi connectivity index (χ4v) is 2.51. The first-order chi connectivity index (χ1) is 8.97. The van der Waals surface area contributed by atoms with Gasteiger partial charge in [0.05, 0.1) is 17.2 Å². The second-order valence-electron chi connectivity index (χ2n) is 4.24. The van der Waals surface area contributed by atoms with Crippen LogP contribution in [0.2, 0.25) is 0 Å². The zero-order valence-electron chi connectivity index (χ0n) is 10.7. The van der Waals surface area contributed by atoms with Gasteiger partial charge in [-0.2, -0.15) is 0 Å². The van der Waals surface area contributed by atoms with Crippen molar-refractivity contribution in [1.29, 1.82) is 0 Å². The smallest absolute Gasteiger partial charge is 0.254 e. The van der Waals surface area contributed by atoms with Crippen LogP contribution in [-0.4, -0.2) is 22.8 Å². The fourth-order valence-electron chi connectivity index (χ4n) is 1.66. The van der Waals surface area contributed by atoms with Gasteiger partial charge >= 0.3 is 0 Å². The highest BCUT2D eigenvalue weighted by atomic mass is 32.1. The molecule has 0 saturated carbocycles. The van der Waals surface area contributed by atoms with Gasteiger partial charge in [0.2, 0.25) is 0 Å². The van der Waals surface area contributed by atoms with Crippen LogP contribution in [0.1, 0.15) is 20.2 Å². The summed E-state index contributed by atoms with van der Waals surface area (Å²) in [6.07, 6.45) is 1.74. The number of hydrogen-bond acceptors (Lipinski definition) is 4. The molecule has 1 heterocycles. The monoisotopic (exact) mass is 279 g/mol. The number of benzene rings is 1. The second-order valence-corrected chi connectivity index (χ2v) is 5.56. The van der Waals surface area contributed by atoms with Crippen LogP contribution in [0.25, 0.3) is 0 Å². The molecule has 0 aliphatic carbocycles. The third-order valence-corrected chi connectivity index (χ3v) is 3.55. The van der Waals surface area contributed by atoms with Crippen LogP contribution in [0.4, 0.5) is 10.1 Å². The molecule has 0 aliphatic heterocycles. The van der Waals surface area contributed by atoms with Gasteiger partial charge in [0.25, 0.3) is 5.91 Å². The van der Waals surface area contributed by atoms with E-state index < -0.39 is 5.82 Å². The van der Waals surface area contributed by atoms with Crippen LogP contribution >= 0.6 is 11.3 Å². The van der Waals surface area contributed by atoms with Gasteiger partial charge in [-0.1, -0.05) is 0 Å². The normalized spacial score (nSPS) is 10.5. The minimum Gasteiger partial charge on any atom is -0.396 e. The molecular weight excluding hydrogens is 265 g/mol. The molecule has 1 aromatic heterocycles. The summed E-state index contributed by atoms with van der Waals surface area (Å²) in [6.45, 7) is 2.36. The van der Waals surface area contributed by atoms with Crippen LogP contribution in [0.3, 0.4) is 0 Å². The fraction of sp³-hybridized carbons (Fsp3) is 0.231. The molecule has 6 heteroatoms. The standard InChI is InChI=1S/C13H14FN3OS/c1-8-16-6-10(19-8)7-17(2)13(18)9-3-4-12(15)11(14)5-9/h3-6H,7,15H2,1-2H3. The van der Waals surface area contributed by atoms with E-state index in [-0.39, 0.29) is 17.2 Å². The number of carbonyl (C=O) groups excluding carboxylic acids is 1.